The smallest absolute Gasteiger partial charge is 0.433 e. The lowest BCUT2D eigenvalue weighted by atomic mass is 10.1. The van der Waals surface area contributed by atoms with Crippen LogP contribution in [0.25, 0.3) is 0 Å². The van der Waals surface area contributed by atoms with Crippen molar-refractivity contribution in [1.29, 1.82) is 0 Å². The number of hydrogen-bond donors (Lipinski definition) is 0. The molecule has 1 rings (SSSR count). The fraction of sp³-hybridized carbons (Fsp3) is 0.974. The minimum Gasteiger partial charge on any atom is -0.433 e. The van der Waals surface area contributed by atoms with Crippen LogP contribution in [0.2, 0.25) is 0 Å². The lowest BCUT2D eigenvalue weighted by Gasteiger charge is -2.23. The second-order valence-electron chi connectivity index (χ2n) is 13.4. The average molecular weight is 674 g/mol. The molecule has 3 atom stereocenters. The minimum absolute atomic E-state index is 0.0556. The predicted molar refractivity (Wildman–Crippen MR) is 190 cm³/mol. The molecule has 1 aliphatic heterocycles. The van der Waals surface area contributed by atoms with Crippen molar-refractivity contribution in [2.24, 2.45) is 0 Å². The first-order valence-corrected chi connectivity index (χ1v) is 19.5. The Morgan fingerprint density at radius 2 is 1.04 bits per heavy atom. The van der Waals surface area contributed by atoms with Gasteiger partial charge in [-0.3, -0.25) is 0 Å². The van der Waals surface area contributed by atoms with E-state index in [9.17, 15) is 4.79 Å². The normalized spacial score (nSPS) is 17.9. The summed E-state index contributed by atoms with van der Waals surface area (Å²) < 4.78 is 40.4. The molecule has 0 amide bonds. The van der Waals surface area contributed by atoms with Crippen LogP contribution in [-0.2, 0) is 33.2 Å². The van der Waals surface area contributed by atoms with Gasteiger partial charge in [-0.15, -0.1) is 0 Å². The van der Waals surface area contributed by atoms with Crippen molar-refractivity contribution in [3.63, 3.8) is 0 Å². The lowest BCUT2D eigenvalue weighted by molar-refractivity contribution is -0.0922. The Hall–Kier alpha value is -0.970. The number of carbonyl (C=O) groups excluding carboxylic acids is 1. The van der Waals surface area contributed by atoms with Crippen LogP contribution in [0.15, 0.2) is 0 Å². The summed E-state index contributed by atoms with van der Waals surface area (Å²) >= 11 is 0. The van der Waals surface area contributed by atoms with Gasteiger partial charge in [0.2, 0.25) is 0 Å². The summed E-state index contributed by atoms with van der Waals surface area (Å²) in [6.45, 7) is 9.37. The molecule has 47 heavy (non-hydrogen) atoms. The zero-order valence-corrected chi connectivity index (χ0v) is 31.2. The van der Waals surface area contributed by atoms with Crippen LogP contribution in [0.3, 0.4) is 0 Å². The molecule has 0 bridgehead atoms. The fourth-order valence-electron chi connectivity index (χ4n) is 5.74. The zero-order chi connectivity index (χ0) is 34.0. The van der Waals surface area contributed by atoms with Crippen LogP contribution >= 0.6 is 0 Å². The molecule has 9 heteroatoms. The lowest BCUT2D eigenvalue weighted by Crippen LogP contribution is -2.39. The standard InChI is InChI=1S/C38H75NO8/c1-5-7-9-11-13-15-17-19-21-23-26-41-29-31-43-35-33-46-36(34-47-38(40)45-28-25-39(3)4)37(35)44-32-30-42-27-24-22-20-18-16-14-12-10-8-6-2/h35-37H,5-34H2,1-4H3/t35-,36+,37+/m0/s1. The summed E-state index contributed by atoms with van der Waals surface area (Å²) in [5.41, 5.74) is 0. The van der Waals surface area contributed by atoms with Crippen molar-refractivity contribution in [2.75, 3.05) is 80.1 Å². The van der Waals surface area contributed by atoms with E-state index in [1.807, 2.05) is 19.0 Å². The van der Waals surface area contributed by atoms with Gasteiger partial charge >= 0.3 is 6.16 Å². The van der Waals surface area contributed by atoms with Gasteiger partial charge in [-0.2, -0.15) is 0 Å². The molecule has 9 nitrogen and oxygen atoms in total. The van der Waals surface area contributed by atoms with Gasteiger partial charge in [-0.1, -0.05) is 129 Å². The first-order valence-electron chi connectivity index (χ1n) is 19.5. The number of hydrogen-bond acceptors (Lipinski definition) is 9. The van der Waals surface area contributed by atoms with E-state index in [0.717, 1.165) is 26.1 Å². The maximum Gasteiger partial charge on any atom is 0.508 e. The van der Waals surface area contributed by atoms with Gasteiger partial charge in [0.1, 0.15) is 31.5 Å². The Morgan fingerprint density at radius 1 is 0.574 bits per heavy atom. The zero-order valence-electron chi connectivity index (χ0n) is 31.2. The summed E-state index contributed by atoms with van der Waals surface area (Å²) in [6, 6.07) is 0. The fourth-order valence-corrected chi connectivity index (χ4v) is 5.74. The van der Waals surface area contributed by atoms with Crippen molar-refractivity contribution in [3.05, 3.63) is 0 Å². The van der Waals surface area contributed by atoms with E-state index >= 15 is 0 Å². The van der Waals surface area contributed by atoms with Gasteiger partial charge < -0.3 is 38.1 Å². The molecule has 0 aromatic heterocycles. The molecule has 0 aromatic rings. The third-order valence-electron chi connectivity index (χ3n) is 8.71. The van der Waals surface area contributed by atoms with Crippen LogP contribution in [0, 0.1) is 0 Å². The Balaban J connectivity index is 2.23. The van der Waals surface area contributed by atoms with Crippen molar-refractivity contribution < 1.29 is 38.0 Å². The molecular formula is C38H75NO8. The molecule has 0 saturated carbocycles. The second kappa shape index (κ2) is 33.5. The molecule has 0 N–H and O–H groups in total. The number of carbonyl (C=O) groups is 1. The van der Waals surface area contributed by atoms with Crippen molar-refractivity contribution in [2.45, 2.75) is 161 Å². The third-order valence-corrected chi connectivity index (χ3v) is 8.71. The van der Waals surface area contributed by atoms with E-state index in [1.54, 1.807) is 0 Å². The van der Waals surface area contributed by atoms with Gasteiger partial charge in [0.05, 0.1) is 33.0 Å². The maximum absolute atomic E-state index is 12.1. The topological polar surface area (TPSA) is 84.9 Å². The molecular weight excluding hydrogens is 598 g/mol. The number of ether oxygens (including phenoxy) is 7. The van der Waals surface area contributed by atoms with Crippen molar-refractivity contribution >= 4 is 6.16 Å². The highest BCUT2D eigenvalue weighted by atomic mass is 16.7. The number of likely N-dealkylation sites (N-methyl/N-ethyl adjacent to an activating group) is 1. The van der Waals surface area contributed by atoms with Gasteiger partial charge in [0, 0.05) is 19.8 Å². The Bertz CT molecular complexity index is 668. The van der Waals surface area contributed by atoms with E-state index in [2.05, 4.69) is 13.8 Å². The molecule has 0 radical (unpaired) electrons. The number of rotatable bonds is 35. The first kappa shape index (κ1) is 44.1. The summed E-state index contributed by atoms with van der Waals surface area (Å²) in [6.07, 6.45) is 24.5. The molecule has 0 aromatic carbocycles. The SMILES string of the molecule is CCCCCCCCCCCCOCCO[C@@H]1[C@@H](OCCOCCCCCCCCCCCC)CO[C@@H]1COC(=O)OCCN(C)C. The summed E-state index contributed by atoms with van der Waals surface area (Å²) in [7, 11) is 3.85. The number of nitrogens with zero attached hydrogens (tertiary/aromatic N) is 1. The molecule has 280 valence electrons. The number of unbranched alkanes of at least 4 members (excludes halogenated alkanes) is 18. The quantitative estimate of drug-likeness (QED) is 0.0484. The van der Waals surface area contributed by atoms with Crippen LogP contribution < -0.4 is 0 Å². The molecule has 0 aliphatic carbocycles. The highest BCUT2D eigenvalue weighted by molar-refractivity contribution is 5.59. The third kappa shape index (κ3) is 27.5. The van der Waals surface area contributed by atoms with Crippen LogP contribution in [0.4, 0.5) is 4.79 Å². The minimum atomic E-state index is -0.696. The second-order valence-corrected chi connectivity index (χ2v) is 13.4. The molecule has 0 unspecified atom stereocenters. The Labute approximate surface area is 289 Å². The van der Waals surface area contributed by atoms with E-state index in [1.165, 1.54) is 116 Å². The van der Waals surface area contributed by atoms with E-state index in [0.29, 0.717) is 39.6 Å². The monoisotopic (exact) mass is 674 g/mol. The van der Waals surface area contributed by atoms with Crippen molar-refractivity contribution in [3.8, 4) is 0 Å². The molecule has 1 heterocycles. The van der Waals surface area contributed by atoms with E-state index in [4.69, 9.17) is 33.2 Å². The van der Waals surface area contributed by atoms with Crippen LogP contribution in [0.5, 0.6) is 0 Å². The summed E-state index contributed by atoms with van der Waals surface area (Å²) in [4.78, 5) is 14.0. The van der Waals surface area contributed by atoms with Crippen LogP contribution in [-0.4, -0.2) is 109 Å². The highest BCUT2D eigenvalue weighted by Gasteiger charge is 2.40. The summed E-state index contributed by atoms with van der Waals surface area (Å²) in [5, 5.41) is 0. The van der Waals surface area contributed by atoms with Crippen LogP contribution in [0.1, 0.15) is 142 Å². The molecule has 1 fully saturated rings. The van der Waals surface area contributed by atoms with Gasteiger partial charge in [0.15, 0.2) is 0 Å². The van der Waals surface area contributed by atoms with E-state index < -0.39 is 12.3 Å². The first-order chi connectivity index (χ1) is 23.1. The van der Waals surface area contributed by atoms with E-state index in [-0.39, 0.29) is 25.4 Å². The van der Waals surface area contributed by atoms with Crippen molar-refractivity contribution in [1.82, 2.24) is 4.90 Å². The molecule has 1 aliphatic rings. The average Bonchev–Trinajstić information content (AvgIpc) is 3.45. The Morgan fingerprint density at radius 3 is 1.53 bits per heavy atom. The maximum atomic E-state index is 12.1. The van der Waals surface area contributed by atoms with Gasteiger partial charge in [0.25, 0.3) is 0 Å². The van der Waals surface area contributed by atoms with Gasteiger partial charge in [-0.05, 0) is 26.9 Å². The highest BCUT2D eigenvalue weighted by Crippen LogP contribution is 2.22. The van der Waals surface area contributed by atoms with Gasteiger partial charge in [-0.25, -0.2) is 4.79 Å². The largest absolute Gasteiger partial charge is 0.508 e. The molecule has 0 spiro atoms. The predicted octanol–water partition coefficient (Wildman–Crippen LogP) is 8.75. The Kier molecular flexibility index (Phi) is 31.4. The summed E-state index contributed by atoms with van der Waals surface area (Å²) in [5.74, 6) is 0. The molecule has 1 saturated heterocycles.